The van der Waals surface area contributed by atoms with Crippen molar-refractivity contribution in [3.63, 3.8) is 0 Å². The average molecular weight is 2010 g/mol. The zero-order valence-electron chi connectivity index (χ0n) is 76.6. The van der Waals surface area contributed by atoms with Crippen LogP contribution in [0.3, 0.4) is 0 Å². The second kappa shape index (κ2) is 41.1. The van der Waals surface area contributed by atoms with E-state index < -0.39 is 116 Å². The number of benzene rings is 12. The van der Waals surface area contributed by atoms with Crippen LogP contribution in [-0.4, -0.2) is 66.6 Å². The van der Waals surface area contributed by atoms with Gasteiger partial charge in [-0.05, 0) is 244 Å². The van der Waals surface area contributed by atoms with Gasteiger partial charge < -0.3 is 21.3 Å². The molecule has 20 aromatic rings. The number of aromatic nitrogens is 9. The van der Waals surface area contributed by atoms with Gasteiger partial charge in [-0.1, -0.05) is 150 Å². The number of anilines is 4. The molecule has 0 unspecified atom stereocenters. The first-order chi connectivity index (χ1) is 69.7. The summed E-state index contributed by atoms with van der Waals surface area (Å²) in [4.78, 5) is 64.8. The van der Waals surface area contributed by atoms with Crippen LogP contribution in [0.1, 0.15) is 85.9 Å². The largest absolute Gasteiger partial charge is 0.417 e. The zero-order valence-corrected chi connectivity index (χ0v) is 77.4. The Morgan fingerprint density at radius 3 is 1.14 bits per heavy atom. The highest BCUT2D eigenvalue weighted by molar-refractivity contribution is 6.29. The first-order valence-electron chi connectivity index (χ1n) is 44.2. The van der Waals surface area contributed by atoms with Gasteiger partial charge in [-0.25, -0.2) is 59.1 Å². The second-order valence-electron chi connectivity index (χ2n) is 33.5. The molecular weight excluding hydrogens is 1940 g/mol. The summed E-state index contributed by atoms with van der Waals surface area (Å²) in [7, 11) is 0. The van der Waals surface area contributed by atoms with Crippen LogP contribution in [0.5, 0.6) is 0 Å². The number of hydrogen-bond acceptors (Lipinski definition) is 9. The van der Waals surface area contributed by atoms with Crippen molar-refractivity contribution >= 4 is 80.2 Å². The minimum Gasteiger partial charge on any atom is -0.322 e. The third-order valence-electron chi connectivity index (χ3n) is 23.6. The number of aryl methyl sites for hydroxylation is 5. The fraction of sp³-hybridized carbons (Fsp3) is 0.0721. The summed E-state index contributed by atoms with van der Waals surface area (Å²) in [5.74, 6) is -11.2. The van der Waals surface area contributed by atoms with E-state index in [2.05, 4.69) is 46.4 Å². The van der Waals surface area contributed by atoms with E-state index in [4.69, 9.17) is 11.6 Å². The van der Waals surface area contributed by atoms with Crippen molar-refractivity contribution in [2.75, 3.05) is 21.3 Å². The SMILES string of the molecule is Cc1ccc(NC(=O)c2cc(-c3cccc4c(-c5cccc(F)c5F)cnn34)ccc2C(F)(F)F)cc1.Cc1ccc(NC(=O)c2cc(-c3cccc4c(-c5cccc(F)c5F)nc(Cl)n34)ccc2C(F)(F)F)cc1.Cc1ccc(NC(=O)c2cc(-c3cccc4c(-c5cccc(F)c5F)ncn34)ccc2C(F)(F)F)cc1.Cc1ccc(NC(=O)c2cc(-c3ccnn4c(-c5cccc(F)c5F)cnc34)ccc2C)cc1. The monoisotopic (exact) mass is 2010 g/mol. The molecule has 0 fully saturated rings. The summed E-state index contributed by atoms with van der Waals surface area (Å²) in [6, 6.07) is 74.1. The van der Waals surface area contributed by atoms with E-state index in [0.717, 1.165) is 94.0 Å². The summed E-state index contributed by atoms with van der Waals surface area (Å²) in [6.45, 7) is 9.39. The van der Waals surface area contributed by atoms with Crippen LogP contribution in [0, 0.1) is 81.2 Å². The molecule has 146 heavy (non-hydrogen) atoms. The number of rotatable bonds is 16. The number of alkyl halides is 9. The number of imidazole rings is 3. The number of carbonyl (C=O) groups is 4. The van der Waals surface area contributed by atoms with E-state index in [1.54, 1.807) is 150 Å². The lowest BCUT2D eigenvalue weighted by Crippen LogP contribution is -2.19. The van der Waals surface area contributed by atoms with Gasteiger partial charge in [0.05, 0.1) is 90.8 Å². The number of pyridine rings is 3. The topological polar surface area (TPSA) is 198 Å². The van der Waals surface area contributed by atoms with Gasteiger partial charge in [0, 0.05) is 73.5 Å². The quantitative estimate of drug-likeness (QED) is 0.0680. The molecule has 0 aliphatic rings. The predicted molar refractivity (Wildman–Crippen MR) is 523 cm³/mol. The highest BCUT2D eigenvalue weighted by Gasteiger charge is 2.39. The lowest BCUT2D eigenvalue weighted by atomic mass is 10.00. The molecule has 0 bridgehead atoms. The Kier molecular flexibility index (Phi) is 28.1. The van der Waals surface area contributed by atoms with Crippen LogP contribution >= 0.6 is 11.6 Å². The highest BCUT2D eigenvalue weighted by Crippen LogP contribution is 2.43. The van der Waals surface area contributed by atoms with Crippen molar-refractivity contribution in [3.8, 4) is 89.8 Å². The smallest absolute Gasteiger partial charge is 0.322 e. The van der Waals surface area contributed by atoms with E-state index >= 15 is 0 Å². The molecule has 8 aromatic heterocycles. The number of halogens is 18. The van der Waals surface area contributed by atoms with Gasteiger partial charge in [-0.15, -0.1) is 0 Å². The summed E-state index contributed by atoms with van der Waals surface area (Å²) in [5.41, 5.74) is 7.65. The molecule has 0 radical (unpaired) electrons. The maximum atomic E-state index is 14.5. The molecule has 4 amide bonds. The third-order valence-corrected chi connectivity index (χ3v) is 23.9. The number of amides is 4. The van der Waals surface area contributed by atoms with Gasteiger partial charge in [0.2, 0.25) is 5.28 Å². The summed E-state index contributed by atoms with van der Waals surface area (Å²) < 4.78 is 243. The molecule has 0 spiro atoms. The number of nitrogens with one attached hydrogen (secondary N) is 4. The minimum atomic E-state index is -4.79. The lowest BCUT2D eigenvalue weighted by Gasteiger charge is -2.15. The van der Waals surface area contributed by atoms with Crippen molar-refractivity contribution in [3.05, 3.63) is 447 Å². The maximum absolute atomic E-state index is 14.5. The van der Waals surface area contributed by atoms with Crippen LogP contribution in [0.15, 0.2) is 328 Å². The van der Waals surface area contributed by atoms with E-state index in [1.165, 1.54) is 98.9 Å². The van der Waals surface area contributed by atoms with Gasteiger partial charge >= 0.3 is 18.5 Å². The van der Waals surface area contributed by atoms with Gasteiger partial charge in [0.25, 0.3) is 23.6 Å². The Balaban J connectivity index is 0.000000133. The second-order valence-corrected chi connectivity index (χ2v) is 33.8. The molecule has 0 saturated heterocycles. The number of nitrogens with zero attached hydrogens (tertiary/aromatic N) is 9. The van der Waals surface area contributed by atoms with E-state index in [1.807, 2.05) is 71.0 Å². The number of carbonyl (C=O) groups excluding carboxylic acids is 4. The molecular formula is C111H73ClF17N13O4. The third kappa shape index (κ3) is 21.0. The summed E-state index contributed by atoms with van der Waals surface area (Å²) in [5, 5.41) is 18.9. The zero-order chi connectivity index (χ0) is 104. The first-order valence-corrected chi connectivity index (χ1v) is 44.6. The van der Waals surface area contributed by atoms with Crippen molar-refractivity contribution in [2.45, 2.75) is 53.1 Å². The maximum Gasteiger partial charge on any atom is 0.417 e. The van der Waals surface area contributed by atoms with Gasteiger partial charge in [-0.2, -0.15) is 49.7 Å². The fourth-order valence-corrected chi connectivity index (χ4v) is 16.6. The Morgan fingerprint density at radius 1 is 0.308 bits per heavy atom. The lowest BCUT2D eigenvalue weighted by molar-refractivity contribution is -0.138. The van der Waals surface area contributed by atoms with Crippen LogP contribution < -0.4 is 21.3 Å². The Hall–Kier alpha value is -17.7. The summed E-state index contributed by atoms with van der Waals surface area (Å²) in [6.07, 6.45) is -8.57. The van der Waals surface area contributed by atoms with Gasteiger partial charge in [0.1, 0.15) is 12.0 Å². The molecule has 35 heteroatoms. The van der Waals surface area contributed by atoms with Crippen LogP contribution in [-0.2, 0) is 18.5 Å². The highest BCUT2D eigenvalue weighted by atomic mass is 35.5. The molecule has 20 rings (SSSR count). The molecule has 4 N–H and O–H groups in total. The fourth-order valence-electron chi connectivity index (χ4n) is 16.3. The molecule has 0 aliphatic carbocycles. The molecule has 8 heterocycles. The van der Waals surface area contributed by atoms with E-state index in [-0.39, 0.29) is 56.0 Å². The summed E-state index contributed by atoms with van der Waals surface area (Å²) >= 11 is 6.38. The van der Waals surface area contributed by atoms with Crippen molar-refractivity contribution in [2.24, 2.45) is 0 Å². The standard InChI is InChI=1S/C28H17ClF5N3O.2C28H18F5N3O.C27H20F2N4O/c1-15-8-11-17(12-9-15)35-26(38)19-14-16(10-13-20(19)28(32,33)34)22-6-3-7-23-25(36-27(29)37(22)23)18-4-2-5-21(30)24(18)31;1-16-8-11-18(12-9-16)35-27(37)20-14-17(10-13-22(20)28(31,32)33)24-6-3-7-25-21(15-34-36(24)25)19-4-2-5-23(29)26(19)30;1-16-8-11-18(12-9-16)35-27(37)20-14-17(10-13-21(20)28(31,32)33)23-6-3-7-24-26(34-15-36(23)24)19-4-2-5-22(29)25(19)30;1-16-6-10-19(11-7-16)32-27(34)22-14-18(9-8-17(22)2)20-12-13-31-33-24(15-30-26(20)33)21-4-3-5-23(28)25(21)29/h2-14H,1H3,(H,35,38);2*2-15H,1H3,(H,35,37);3-15H,1-2H3,(H,32,34). The van der Waals surface area contributed by atoms with Gasteiger partial charge in [0.15, 0.2) is 52.2 Å². The van der Waals surface area contributed by atoms with E-state index in [9.17, 15) is 93.8 Å². The normalized spacial score (nSPS) is 11.5. The predicted octanol–water partition coefficient (Wildman–Crippen LogP) is 29.4. The number of hydrogen-bond donors (Lipinski definition) is 4. The van der Waals surface area contributed by atoms with Gasteiger partial charge in [-0.3, -0.25) is 28.0 Å². The molecule has 732 valence electrons. The van der Waals surface area contributed by atoms with Crippen molar-refractivity contribution < 1.29 is 93.8 Å². The molecule has 12 aromatic carbocycles. The Bertz CT molecular complexity index is 8230. The Morgan fingerprint density at radius 2 is 0.678 bits per heavy atom. The van der Waals surface area contributed by atoms with Crippen LogP contribution in [0.25, 0.3) is 112 Å². The first kappa shape index (κ1) is 99.9. The van der Waals surface area contributed by atoms with Crippen LogP contribution in [0.2, 0.25) is 5.28 Å². The minimum absolute atomic E-state index is 0.00210. The van der Waals surface area contributed by atoms with Crippen molar-refractivity contribution in [1.82, 2.24) is 43.0 Å². The van der Waals surface area contributed by atoms with Crippen molar-refractivity contribution in [1.29, 1.82) is 0 Å². The molecule has 0 aliphatic heterocycles. The van der Waals surface area contributed by atoms with E-state index in [0.29, 0.717) is 90.0 Å². The van der Waals surface area contributed by atoms with Crippen LogP contribution in [0.4, 0.5) is 97.4 Å². The molecule has 0 saturated carbocycles. The number of fused-ring (bicyclic) bond motifs is 4. The Labute approximate surface area is 823 Å². The molecule has 17 nitrogen and oxygen atoms in total. The average Bonchev–Trinajstić information content (AvgIpc) is 1.59. The molecule has 0 atom stereocenters.